The molecule has 2 saturated heterocycles. The third-order valence-electron chi connectivity index (χ3n) is 8.65. The third-order valence-corrected chi connectivity index (χ3v) is 8.65. The average Bonchev–Trinajstić information content (AvgIpc) is 3.23. The van der Waals surface area contributed by atoms with Crippen LogP contribution in [0.25, 0.3) is 11.1 Å². The van der Waals surface area contributed by atoms with Gasteiger partial charge in [0.1, 0.15) is 7.85 Å². The van der Waals surface area contributed by atoms with E-state index in [4.69, 9.17) is 18.6 Å². The molecule has 7 heteroatoms. The predicted molar refractivity (Wildman–Crippen MR) is 139 cm³/mol. The fraction of sp³-hybridized carbons (Fsp3) is 0.538. The second-order valence-electron chi connectivity index (χ2n) is 11.8. The molecule has 2 aliphatic heterocycles. The van der Waals surface area contributed by atoms with Gasteiger partial charge in [-0.1, -0.05) is 42.7 Å². The smallest absolute Gasteiger partial charge is 0.399 e. The first-order valence-electron chi connectivity index (χ1n) is 12.3. The topological polar surface area (TPSA) is 36.9 Å². The maximum absolute atomic E-state index is 6.33. The van der Waals surface area contributed by atoms with Crippen LogP contribution in [0.1, 0.15) is 72.4 Å². The summed E-state index contributed by atoms with van der Waals surface area (Å²) in [6.07, 6.45) is 1.03. The molecule has 2 heterocycles. The molecule has 2 fully saturated rings. The Kier molecular flexibility index (Phi) is 5.10. The predicted octanol–water partition coefficient (Wildman–Crippen LogP) is 3.45. The largest absolute Gasteiger partial charge is 0.494 e. The zero-order valence-electron chi connectivity index (χ0n) is 21.5. The summed E-state index contributed by atoms with van der Waals surface area (Å²) in [6, 6.07) is 13.4. The number of hydrogen-bond donors (Lipinski definition) is 0. The maximum Gasteiger partial charge on any atom is 0.494 e. The molecule has 2 aromatic carbocycles. The van der Waals surface area contributed by atoms with Gasteiger partial charge >= 0.3 is 14.2 Å². The number of benzene rings is 2. The van der Waals surface area contributed by atoms with Crippen molar-refractivity contribution < 1.29 is 18.6 Å². The standard InChI is InChI=1S/C26H35B3O4/c1-23(2)24(3,4)31-28(30-23)16-9-11-18-19-12-10-17(14-21(19)22(15-27)20(18)13-16)29-32-25(5,6)26(7,8)33-29/h9-14,22H,15,27H2,1-8H3. The van der Waals surface area contributed by atoms with E-state index < -0.39 is 0 Å². The van der Waals surface area contributed by atoms with E-state index in [2.05, 4.69) is 99.6 Å². The van der Waals surface area contributed by atoms with E-state index >= 15 is 0 Å². The Morgan fingerprint density at radius 2 is 0.970 bits per heavy atom. The molecule has 0 radical (unpaired) electrons. The number of rotatable bonds is 3. The molecule has 172 valence electrons. The van der Waals surface area contributed by atoms with Gasteiger partial charge in [0.05, 0.1) is 22.4 Å². The minimum atomic E-state index is -0.346. The van der Waals surface area contributed by atoms with Crippen LogP contribution in [0.5, 0.6) is 0 Å². The van der Waals surface area contributed by atoms with Gasteiger partial charge in [-0.25, -0.2) is 0 Å². The molecule has 33 heavy (non-hydrogen) atoms. The lowest BCUT2D eigenvalue weighted by Crippen LogP contribution is -2.41. The van der Waals surface area contributed by atoms with Gasteiger partial charge in [-0.2, -0.15) is 0 Å². The van der Waals surface area contributed by atoms with Crippen LogP contribution in [-0.4, -0.2) is 44.5 Å². The fourth-order valence-corrected chi connectivity index (χ4v) is 5.09. The molecule has 0 amide bonds. The van der Waals surface area contributed by atoms with Crippen LogP contribution in [0.3, 0.4) is 0 Å². The minimum Gasteiger partial charge on any atom is -0.399 e. The van der Waals surface area contributed by atoms with E-state index in [1.54, 1.807) is 0 Å². The molecule has 0 spiro atoms. The molecule has 3 aliphatic rings. The summed E-state index contributed by atoms with van der Waals surface area (Å²) in [5.74, 6) is 0.333. The molecule has 4 nitrogen and oxygen atoms in total. The summed E-state index contributed by atoms with van der Waals surface area (Å²) < 4.78 is 25.3. The van der Waals surface area contributed by atoms with Crippen molar-refractivity contribution in [2.45, 2.75) is 90.0 Å². The quantitative estimate of drug-likeness (QED) is 0.681. The van der Waals surface area contributed by atoms with E-state index in [1.165, 1.54) is 22.3 Å². The van der Waals surface area contributed by atoms with Crippen LogP contribution in [0.2, 0.25) is 6.32 Å². The lowest BCUT2D eigenvalue weighted by atomic mass is 9.74. The molecular formula is C26H35B3O4. The summed E-state index contributed by atoms with van der Waals surface area (Å²) in [5.41, 5.74) is 6.10. The van der Waals surface area contributed by atoms with E-state index in [1.807, 2.05) is 0 Å². The van der Waals surface area contributed by atoms with Gasteiger partial charge in [0.15, 0.2) is 0 Å². The maximum atomic E-state index is 6.33. The van der Waals surface area contributed by atoms with Crippen molar-refractivity contribution in [3.05, 3.63) is 47.5 Å². The van der Waals surface area contributed by atoms with Gasteiger partial charge in [-0.3, -0.25) is 0 Å². The van der Waals surface area contributed by atoms with Gasteiger partial charge in [0.25, 0.3) is 0 Å². The van der Waals surface area contributed by atoms with Crippen molar-refractivity contribution in [1.29, 1.82) is 0 Å². The first kappa shape index (κ1) is 23.2. The van der Waals surface area contributed by atoms with Gasteiger partial charge in [0, 0.05) is 5.92 Å². The fourth-order valence-electron chi connectivity index (χ4n) is 5.09. The highest BCUT2D eigenvalue weighted by Crippen LogP contribution is 2.46. The average molecular weight is 444 g/mol. The Morgan fingerprint density at radius 1 is 0.636 bits per heavy atom. The van der Waals surface area contributed by atoms with Crippen LogP contribution in [0.4, 0.5) is 0 Å². The van der Waals surface area contributed by atoms with Crippen molar-refractivity contribution in [3.8, 4) is 11.1 Å². The number of hydrogen-bond acceptors (Lipinski definition) is 4. The summed E-state index contributed by atoms with van der Waals surface area (Å²) in [7, 11) is 1.57. The van der Waals surface area contributed by atoms with Crippen molar-refractivity contribution in [3.63, 3.8) is 0 Å². The van der Waals surface area contributed by atoms with Crippen LogP contribution < -0.4 is 10.9 Å². The molecule has 0 bridgehead atoms. The van der Waals surface area contributed by atoms with Crippen LogP contribution >= 0.6 is 0 Å². The summed E-state index contributed by atoms with van der Waals surface area (Å²) >= 11 is 0. The Morgan fingerprint density at radius 3 is 1.27 bits per heavy atom. The van der Waals surface area contributed by atoms with Gasteiger partial charge in [-0.15, -0.1) is 0 Å². The van der Waals surface area contributed by atoms with Crippen molar-refractivity contribution in [2.75, 3.05) is 0 Å². The normalized spacial score (nSPS) is 24.2. The molecule has 5 rings (SSSR count). The van der Waals surface area contributed by atoms with E-state index in [0.29, 0.717) is 5.92 Å². The summed E-state index contributed by atoms with van der Waals surface area (Å²) in [6.45, 7) is 16.8. The van der Waals surface area contributed by atoms with Crippen molar-refractivity contribution in [2.24, 2.45) is 0 Å². The molecule has 1 aliphatic carbocycles. The molecule has 2 aromatic rings. The first-order chi connectivity index (χ1) is 15.3. The lowest BCUT2D eigenvalue weighted by molar-refractivity contribution is 0.00578. The highest BCUT2D eigenvalue weighted by molar-refractivity contribution is 6.62. The lowest BCUT2D eigenvalue weighted by Gasteiger charge is -2.32. The van der Waals surface area contributed by atoms with Crippen LogP contribution in [-0.2, 0) is 18.6 Å². The molecular weight excluding hydrogens is 409 g/mol. The van der Waals surface area contributed by atoms with E-state index in [0.717, 1.165) is 17.2 Å². The molecule has 0 unspecified atom stereocenters. The number of fused-ring (bicyclic) bond motifs is 3. The van der Waals surface area contributed by atoms with Gasteiger partial charge in [0.2, 0.25) is 0 Å². The Balaban J connectivity index is 1.48. The second-order valence-corrected chi connectivity index (χ2v) is 11.8. The SMILES string of the molecule is BCC1c2cc(B3OC(C)(C)C(C)(C)O3)ccc2-c2ccc(B3OC(C)(C)C(C)(C)O3)cc21. The second kappa shape index (κ2) is 7.24. The van der Waals surface area contributed by atoms with E-state index in [9.17, 15) is 0 Å². The van der Waals surface area contributed by atoms with Gasteiger partial charge < -0.3 is 18.6 Å². The third kappa shape index (κ3) is 3.46. The zero-order valence-corrected chi connectivity index (χ0v) is 21.5. The van der Waals surface area contributed by atoms with E-state index in [-0.39, 0.29) is 36.6 Å². The van der Waals surface area contributed by atoms with Crippen molar-refractivity contribution in [1.82, 2.24) is 0 Å². The highest BCUT2D eigenvalue weighted by atomic mass is 16.7. The Hall–Kier alpha value is -1.53. The Labute approximate surface area is 200 Å². The van der Waals surface area contributed by atoms with Crippen LogP contribution in [0, 0.1) is 0 Å². The van der Waals surface area contributed by atoms with Crippen molar-refractivity contribution >= 4 is 33.0 Å². The molecule has 0 N–H and O–H groups in total. The van der Waals surface area contributed by atoms with Gasteiger partial charge in [-0.05, 0) is 88.6 Å². The monoisotopic (exact) mass is 444 g/mol. The first-order valence-corrected chi connectivity index (χ1v) is 12.3. The molecule has 0 saturated carbocycles. The Bertz CT molecular complexity index is 991. The zero-order chi connectivity index (χ0) is 24.0. The molecule has 0 aromatic heterocycles. The van der Waals surface area contributed by atoms with Crippen LogP contribution in [0.15, 0.2) is 36.4 Å². The summed E-state index contributed by atoms with van der Waals surface area (Å²) in [4.78, 5) is 0. The highest BCUT2D eigenvalue weighted by Gasteiger charge is 2.53. The minimum absolute atomic E-state index is 0.333. The summed E-state index contributed by atoms with van der Waals surface area (Å²) in [5, 5.41) is 0. The molecule has 0 atom stereocenters.